The SMILES string of the molecule is CC(C)c1nsc(N2CCC(Oc3ccnc(C(N)=O)c3)CC2)n1. The van der Waals surface area contributed by atoms with Crippen LogP contribution in [0.1, 0.15) is 48.9 Å². The Morgan fingerprint density at radius 1 is 1.42 bits per heavy atom. The normalized spacial score (nSPS) is 15.7. The monoisotopic (exact) mass is 347 g/mol. The highest BCUT2D eigenvalue weighted by Gasteiger charge is 2.23. The third-order valence-corrected chi connectivity index (χ3v) is 4.74. The van der Waals surface area contributed by atoms with E-state index in [0.717, 1.165) is 36.9 Å². The van der Waals surface area contributed by atoms with Gasteiger partial charge < -0.3 is 15.4 Å². The molecule has 1 aliphatic rings. The molecule has 1 fully saturated rings. The van der Waals surface area contributed by atoms with E-state index in [1.165, 1.54) is 11.5 Å². The molecule has 2 aromatic rings. The molecule has 2 N–H and O–H groups in total. The smallest absolute Gasteiger partial charge is 0.267 e. The van der Waals surface area contributed by atoms with Gasteiger partial charge in [-0.2, -0.15) is 4.37 Å². The molecule has 1 amide bonds. The van der Waals surface area contributed by atoms with Crippen LogP contribution < -0.4 is 15.4 Å². The molecule has 0 unspecified atom stereocenters. The van der Waals surface area contributed by atoms with E-state index in [2.05, 4.69) is 33.1 Å². The molecule has 24 heavy (non-hydrogen) atoms. The van der Waals surface area contributed by atoms with E-state index in [1.807, 2.05) is 0 Å². The quantitative estimate of drug-likeness (QED) is 0.891. The number of nitrogens with zero attached hydrogens (tertiary/aromatic N) is 4. The van der Waals surface area contributed by atoms with E-state index in [4.69, 9.17) is 10.5 Å². The Balaban J connectivity index is 1.57. The zero-order valence-corrected chi connectivity index (χ0v) is 14.6. The van der Waals surface area contributed by atoms with Crippen LogP contribution in [0, 0.1) is 0 Å². The van der Waals surface area contributed by atoms with Crippen molar-refractivity contribution in [2.24, 2.45) is 5.73 Å². The Bertz CT molecular complexity index is 710. The maximum atomic E-state index is 11.2. The average Bonchev–Trinajstić information content (AvgIpc) is 3.06. The molecular formula is C16H21N5O2S. The number of primary amides is 1. The second-order valence-electron chi connectivity index (χ2n) is 6.14. The number of hydrogen-bond donors (Lipinski definition) is 1. The fraction of sp³-hybridized carbons (Fsp3) is 0.500. The van der Waals surface area contributed by atoms with E-state index in [1.54, 1.807) is 18.3 Å². The molecule has 128 valence electrons. The van der Waals surface area contributed by atoms with Crippen molar-refractivity contribution in [1.82, 2.24) is 14.3 Å². The summed E-state index contributed by atoms with van der Waals surface area (Å²) in [5, 5.41) is 0.983. The summed E-state index contributed by atoms with van der Waals surface area (Å²) in [6, 6.07) is 3.34. The van der Waals surface area contributed by atoms with Gasteiger partial charge in [0, 0.05) is 55.6 Å². The summed E-state index contributed by atoms with van der Waals surface area (Å²) in [6.07, 6.45) is 3.44. The lowest BCUT2D eigenvalue weighted by Gasteiger charge is -2.31. The van der Waals surface area contributed by atoms with Gasteiger partial charge in [-0.05, 0) is 6.07 Å². The molecule has 0 aromatic carbocycles. The van der Waals surface area contributed by atoms with Crippen LogP contribution in [0.2, 0.25) is 0 Å². The first-order valence-electron chi connectivity index (χ1n) is 8.04. The van der Waals surface area contributed by atoms with E-state index in [0.29, 0.717) is 11.7 Å². The summed E-state index contributed by atoms with van der Waals surface area (Å²) in [4.78, 5) is 22.0. The lowest BCUT2D eigenvalue weighted by molar-refractivity contribution is 0.0994. The first kappa shape index (κ1) is 16.6. The number of aromatic nitrogens is 3. The molecule has 0 spiro atoms. The number of carbonyl (C=O) groups excluding carboxylic acids is 1. The van der Waals surface area contributed by atoms with Crippen LogP contribution in [-0.2, 0) is 0 Å². The number of hydrogen-bond acceptors (Lipinski definition) is 7. The molecule has 8 heteroatoms. The fourth-order valence-corrected chi connectivity index (χ4v) is 3.43. The molecule has 7 nitrogen and oxygen atoms in total. The van der Waals surface area contributed by atoms with Crippen LogP contribution in [0.3, 0.4) is 0 Å². The maximum absolute atomic E-state index is 11.2. The Labute approximate surface area is 145 Å². The number of pyridine rings is 1. The van der Waals surface area contributed by atoms with Gasteiger partial charge in [0.2, 0.25) is 5.13 Å². The molecule has 0 bridgehead atoms. The number of piperidine rings is 1. The first-order chi connectivity index (χ1) is 11.5. The summed E-state index contributed by atoms with van der Waals surface area (Å²) < 4.78 is 10.4. The molecule has 0 radical (unpaired) electrons. The zero-order chi connectivity index (χ0) is 17.1. The number of anilines is 1. The molecule has 0 atom stereocenters. The fourth-order valence-electron chi connectivity index (χ4n) is 2.57. The highest BCUT2D eigenvalue weighted by atomic mass is 32.1. The molecule has 1 aliphatic heterocycles. The summed E-state index contributed by atoms with van der Waals surface area (Å²) in [5.74, 6) is 1.34. The van der Waals surface area contributed by atoms with Gasteiger partial charge in [0.15, 0.2) is 0 Å². The van der Waals surface area contributed by atoms with Crippen LogP contribution in [0.15, 0.2) is 18.3 Å². The van der Waals surface area contributed by atoms with Crippen LogP contribution in [0.25, 0.3) is 0 Å². The lowest BCUT2D eigenvalue weighted by atomic mass is 10.1. The third-order valence-electron chi connectivity index (χ3n) is 3.95. The standard InChI is InChI=1S/C16H21N5O2S/c1-10(2)15-19-16(24-20-15)21-7-4-11(5-8-21)23-12-3-6-18-13(9-12)14(17)22/h3,6,9-11H,4-5,7-8H2,1-2H3,(H2,17,22). The molecule has 0 saturated carbocycles. The molecular weight excluding hydrogens is 326 g/mol. The topological polar surface area (TPSA) is 94.2 Å². The lowest BCUT2D eigenvalue weighted by Crippen LogP contribution is -2.38. The molecule has 2 aromatic heterocycles. The molecule has 3 rings (SSSR count). The van der Waals surface area contributed by atoms with Gasteiger partial charge in [0.25, 0.3) is 5.91 Å². The van der Waals surface area contributed by atoms with Crippen LogP contribution >= 0.6 is 11.5 Å². The van der Waals surface area contributed by atoms with Gasteiger partial charge in [0.05, 0.1) is 0 Å². The Morgan fingerprint density at radius 2 is 2.17 bits per heavy atom. The number of rotatable bonds is 5. The van der Waals surface area contributed by atoms with E-state index >= 15 is 0 Å². The predicted octanol–water partition coefficient (Wildman–Crippen LogP) is 2.20. The molecule has 3 heterocycles. The average molecular weight is 347 g/mol. The Morgan fingerprint density at radius 3 is 2.79 bits per heavy atom. The van der Waals surface area contributed by atoms with Crippen molar-refractivity contribution < 1.29 is 9.53 Å². The number of amides is 1. The molecule has 1 saturated heterocycles. The van der Waals surface area contributed by atoms with Crippen molar-refractivity contribution in [3.8, 4) is 5.75 Å². The number of carbonyl (C=O) groups is 1. The van der Waals surface area contributed by atoms with Gasteiger partial charge in [0.1, 0.15) is 23.4 Å². The summed E-state index contributed by atoms with van der Waals surface area (Å²) >= 11 is 1.46. The Hall–Kier alpha value is -2.22. The Kier molecular flexibility index (Phi) is 4.94. The van der Waals surface area contributed by atoms with Crippen molar-refractivity contribution in [2.45, 2.75) is 38.7 Å². The maximum Gasteiger partial charge on any atom is 0.267 e. The van der Waals surface area contributed by atoms with Crippen LogP contribution in [-0.4, -0.2) is 39.4 Å². The first-order valence-corrected chi connectivity index (χ1v) is 8.81. The van der Waals surface area contributed by atoms with Crippen molar-refractivity contribution in [2.75, 3.05) is 18.0 Å². The van der Waals surface area contributed by atoms with E-state index in [9.17, 15) is 4.79 Å². The van der Waals surface area contributed by atoms with Crippen molar-refractivity contribution in [3.63, 3.8) is 0 Å². The minimum absolute atomic E-state index is 0.113. The third kappa shape index (κ3) is 3.81. The second-order valence-corrected chi connectivity index (χ2v) is 6.87. The minimum Gasteiger partial charge on any atom is -0.490 e. The van der Waals surface area contributed by atoms with Crippen LogP contribution in [0.4, 0.5) is 5.13 Å². The van der Waals surface area contributed by atoms with E-state index in [-0.39, 0.29) is 11.8 Å². The minimum atomic E-state index is -0.549. The van der Waals surface area contributed by atoms with E-state index < -0.39 is 5.91 Å². The van der Waals surface area contributed by atoms with Gasteiger partial charge in [-0.15, -0.1) is 0 Å². The highest BCUT2D eigenvalue weighted by Crippen LogP contribution is 2.26. The number of ether oxygens (including phenoxy) is 1. The molecule has 0 aliphatic carbocycles. The highest BCUT2D eigenvalue weighted by molar-refractivity contribution is 7.09. The van der Waals surface area contributed by atoms with Gasteiger partial charge in [-0.3, -0.25) is 9.78 Å². The van der Waals surface area contributed by atoms with Gasteiger partial charge in [-0.25, -0.2) is 4.98 Å². The second kappa shape index (κ2) is 7.12. The van der Waals surface area contributed by atoms with Gasteiger partial charge >= 0.3 is 0 Å². The van der Waals surface area contributed by atoms with Crippen LogP contribution in [0.5, 0.6) is 5.75 Å². The van der Waals surface area contributed by atoms with Crippen molar-refractivity contribution in [1.29, 1.82) is 0 Å². The largest absolute Gasteiger partial charge is 0.490 e. The summed E-state index contributed by atoms with van der Waals surface area (Å²) in [7, 11) is 0. The van der Waals surface area contributed by atoms with Gasteiger partial charge in [-0.1, -0.05) is 13.8 Å². The zero-order valence-electron chi connectivity index (χ0n) is 13.8. The predicted molar refractivity (Wildman–Crippen MR) is 92.6 cm³/mol. The summed E-state index contributed by atoms with van der Waals surface area (Å²) in [6.45, 7) is 5.96. The number of nitrogens with two attached hydrogens (primary N) is 1. The summed E-state index contributed by atoms with van der Waals surface area (Å²) in [5.41, 5.74) is 5.47. The van der Waals surface area contributed by atoms with Crippen molar-refractivity contribution in [3.05, 3.63) is 29.8 Å². The van der Waals surface area contributed by atoms with Crippen molar-refractivity contribution >= 4 is 22.6 Å².